The van der Waals surface area contributed by atoms with E-state index < -0.39 is 75.2 Å². The lowest BCUT2D eigenvalue weighted by molar-refractivity contribution is -0.220. The second-order valence-corrected chi connectivity index (χ2v) is 18.5. The van der Waals surface area contributed by atoms with Gasteiger partial charge in [-0.3, -0.25) is 13.8 Å². The van der Waals surface area contributed by atoms with Gasteiger partial charge in [-0.15, -0.1) is 0 Å². The number of amides is 1. The Balaban J connectivity index is 2.57. The zero-order valence-corrected chi connectivity index (χ0v) is 39.2. The number of phosphoric ester groups is 1. The molecule has 8 unspecified atom stereocenters. The van der Waals surface area contributed by atoms with Crippen molar-refractivity contribution in [2.24, 2.45) is 0 Å². The maximum Gasteiger partial charge on any atom is 0.472 e. The van der Waals surface area contributed by atoms with Gasteiger partial charge in [-0.2, -0.15) is 0 Å². The molecule has 13 nitrogen and oxygen atoms in total. The van der Waals surface area contributed by atoms with Crippen molar-refractivity contribution in [3.05, 3.63) is 48.6 Å². The first-order valence-electron chi connectivity index (χ1n) is 24.2. The number of rotatable bonds is 39. The van der Waals surface area contributed by atoms with Gasteiger partial charge in [0.15, 0.2) is 0 Å². The number of allylic oxidation sites excluding steroid dienone is 7. The number of unbranched alkanes of at least 4 members (excludes halogenated alkanes) is 20. The lowest BCUT2D eigenvalue weighted by Crippen LogP contribution is -2.64. The van der Waals surface area contributed by atoms with E-state index in [1.165, 1.54) is 89.5 Å². The van der Waals surface area contributed by atoms with Gasteiger partial charge in [-0.25, -0.2) is 4.57 Å². The summed E-state index contributed by atoms with van der Waals surface area (Å²) < 4.78 is 22.9. The molecule has 1 amide bonds. The summed E-state index contributed by atoms with van der Waals surface area (Å²) in [7, 11) is -5.15. The molecule has 1 saturated carbocycles. The molecule has 0 saturated heterocycles. The van der Waals surface area contributed by atoms with Gasteiger partial charge >= 0.3 is 7.82 Å². The van der Waals surface area contributed by atoms with Gasteiger partial charge in [-0.05, 0) is 64.2 Å². The van der Waals surface area contributed by atoms with E-state index in [0.29, 0.717) is 12.8 Å². The number of aliphatic hydroxyl groups excluding tert-OH is 7. The monoisotopic (exact) mass is 902 g/mol. The Morgan fingerprint density at radius 2 is 1.00 bits per heavy atom. The fraction of sp³-hybridized carbons (Fsp3) is 0.812. The molecule has 1 rings (SSSR count). The molecular formula is C48H88NO12P. The van der Waals surface area contributed by atoms with Gasteiger partial charge in [-0.1, -0.05) is 165 Å². The SMILES string of the molecule is CCCCC/C=C\C/C=C\CCCCCCCC(O)CC(=O)NC(COP(=O)(O)OC1C(O)C(O)C(O)C(O)C1O)C(O)/C=C/CC/C=C/CCCCCCCCCCCCC. The van der Waals surface area contributed by atoms with Gasteiger partial charge in [0.2, 0.25) is 5.91 Å². The van der Waals surface area contributed by atoms with E-state index >= 15 is 0 Å². The predicted molar refractivity (Wildman–Crippen MR) is 247 cm³/mol. The largest absolute Gasteiger partial charge is 0.472 e. The molecule has 8 atom stereocenters. The van der Waals surface area contributed by atoms with Gasteiger partial charge in [0.1, 0.15) is 36.6 Å². The summed E-state index contributed by atoms with van der Waals surface area (Å²) >= 11 is 0. The van der Waals surface area contributed by atoms with Gasteiger partial charge in [0.25, 0.3) is 0 Å². The molecule has 0 aromatic rings. The third-order valence-corrected chi connectivity index (χ3v) is 12.4. The van der Waals surface area contributed by atoms with Crippen molar-refractivity contribution in [1.82, 2.24) is 5.32 Å². The summed E-state index contributed by atoms with van der Waals surface area (Å²) in [5, 5.41) is 74.5. The number of carbonyl (C=O) groups is 1. The third-order valence-electron chi connectivity index (χ3n) is 11.4. The van der Waals surface area contributed by atoms with Crippen LogP contribution in [-0.4, -0.2) is 108 Å². The number of carbonyl (C=O) groups excluding carboxylic acids is 1. The summed E-state index contributed by atoms with van der Waals surface area (Å²) in [6.45, 7) is 3.70. The molecule has 0 heterocycles. The number of hydrogen-bond donors (Lipinski definition) is 9. The Bertz CT molecular complexity index is 1250. The fourth-order valence-electron chi connectivity index (χ4n) is 7.40. The maximum atomic E-state index is 13.0. The lowest BCUT2D eigenvalue weighted by atomic mass is 9.85. The molecule has 14 heteroatoms. The summed E-state index contributed by atoms with van der Waals surface area (Å²) in [4.78, 5) is 23.4. The molecule has 362 valence electrons. The summed E-state index contributed by atoms with van der Waals surface area (Å²) in [5.74, 6) is -0.612. The van der Waals surface area contributed by atoms with Crippen LogP contribution < -0.4 is 5.32 Å². The van der Waals surface area contributed by atoms with Gasteiger partial charge < -0.3 is 46.0 Å². The molecule has 1 fully saturated rings. The summed E-state index contributed by atoms with van der Waals surface area (Å²) in [5.41, 5.74) is 0. The number of nitrogens with one attached hydrogen (secondary N) is 1. The number of aliphatic hydroxyl groups is 7. The van der Waals surface area contributed by atoms with Crippen LogP contribution in [0.5, 0.6) is 0 Å². The smallest absolute Gasteiger partial charge is 0.393 e. The van der Waals surface area contributed by atoms with Crippen LogP contribution in [0, 0.1) is 0 Å². The Labute approximate surface area is 374 Å². The molecule has 0 spiro atoms. The number of hydrogen-bond acceptors (Lipinski definition) is 11. The zero-order chi connectivity index (χ0) is 45.9. The highest BCUT2D eigenvalue weighted by atomic mass is 31.2. The zero-order valence-electron chi connectivity index (χ0n) is 38.3. The van der Waals surface area contributed by atoms with E-state index in [2.05, 4.69) is 55.6 Å². The Morgan fingerprint density at radius 3 is 1.55 bits per heavy atom. The molecule has 0 aromatic heterocycles. The van der Waals surface area contributed by atoms with E-state index in [1.54, 1.807) is 6.08 Å². The van der Waals surface area contributed by atoms with E-state index in [0.717, 1.165) is 70.6 Å². The molecule has 62 heavy (non-hydrogen) atoms. The van der Waals surface area contributed by atoms with Crippen molar-refractivity contribution >= 4 is 13.7 Å². The lowest BCUT2D eigenvalue weighted by Gasteiger charge is -2.41. The van der Waals surface area contributed by atoms with Crippen molar-refractivity contribution in [2.45, 2.75) is 242 Å². The van der Waals surface area contributed by atoms with Crippen molar-refractivity contribution in [1.29, 1.82) is 0 Å². The first-order valence-corrected chi connectivity index (χ1v) is 25.7. The molecule has 0 aromatic carbocycles. The standard InChI is InChI=1S/C48H88NO12P/c1-3-5-7-9-11-13-15-17-19-20-22-24-26-28-30-32-34-36-41(51)40(38-60-62(58,59)61-48-46(56)44(54)43(53)45(55)47(48)57)49-42(52)37-39(50)35-33-31-29-27-25-23-21-18-16-14-12-10-8-6-4-2/h12,14,18,21,26,28,34,36,39-41,43-48,50-51,53-57H,3-11,13,15-17,19-20,22-25,27,29-33,35,37-38H2,1-2H3,(H,49,52)(H,58,59)/b14-12-,21-18-,28-26+,36-34+. The first-order chi connectivity index (χ1) is 29.8. The number of phosphoric acid groups is 1. The average molecular weight is 902 g/mol. The first kappa shape index (κ1) is 58.3. The third kappa shape index (κ3) is 28.9. The molecule has 0 bridgehead atoms. The van der Waals surface area contributed by atoms with Crippen LogP contribution in [0.15, 0.2) is 48.6 Å². The van der Waals surface area contributed by atoms with Crippen molar-refractivity contribution in [2.75, 3.05) is 6.61 Å². The quantitative estimate of drug-likeness (QED) is 0.0161. The molecule has 1 aliphatic rings. The predicted octanol–water partition coefficient (Wildman–Crippen LogP) is 8.31. The van der Waals surface area contributed by atoms with E-state index in [-0.39, 0.29) is 6.42 Å². The van der Waals surface area contributed by atoms with Crippen LogP contribution in [0.2, 0.25) is 0 Å². The van der Waals surface area contributed by atoms with Crippen LogP contribution in [0.1, 0.15) is 187 Å². The highest BCUT2D eigenvalue weighted by Crippen LogP contribution is 2.47. The summed E-state index contributed by atoms with van der Waals surface area (Å²) in [6, 6.07) is -1.26. The summed E-state index contributed by atoms with van der Waals surface area (Å²) in [6.07, 6.45) is 30.5. The molecule has 1 aliphatic carbocycles. The molecule has 0 aliphatic heterocycles. The Hall–Kier alpha value is -1.74. The fourth-order valence-corrected chi connectivity index (χ4v) is 8.37. The van der Waals surface area contributed by atoms with E-state index in [1.807, 2.05) is 0 Å². The second kappa shape index (κ2) is 37.5. The van der Waals surface area contributed by atoms with E-state index in [4.69, 9.17) is 9.05 Å². The molecule has 9 N–H and O–H groups in total. The van der Waals surface area contributed by atoms with Crippen molar-refractivity contribution in [3.8, 4) is 0 Å². The topological polar surface area (TPSA) is 226 Å². The minimum absolute atomic E-state index is 0.263. The van der Waals surface area contributed by atoms with Crippen LogP contribution in [-0.2, 0) is 18.4 Å². The Kier molecular flexibility index (Phi) is 35.2. The van der Waals surface area contributed by atoms with Crippen LogP contribution in [0.25, 0.3) is 0 Å². The van der Waals surface area contributed by atoms with Gasteiger partial charge in [0.05, 0.1) is 31.3 Å². The normalized spacial score (nSPS) is 23.5. The van der Waals surface area contributed by atoms with E-state index in [9.17, 15) is 50.0 Å². The highest BCUT2D eigenvalue weighted by molar-refractivity contribution is 7.47. The maximum absolute atomic E-state index is 13.0. The average Bonchev–Trinajstić information content (AvgIpc) is 3.24. The Morgan fingerprint density at radius 1 is 0.581 bits per heavy atom. The van der Waals surface area contributed by atoms with Crippen LogP contribution >= 0.6 is 7.82 Å². The highest BCUT2D eigenvalue weighted by Gasteiger charge is 2.51. The van der Waals surface area contributed by atoms with Gasteiger partial charge in [0, 0.05) is 0 Å². The second-order valence-electron chi connectivity index (χ2n) is 17.1. The van der Waals surface area contributed by atoms with Crippen LogP contribution in [0.4, 0.5) is 0 Å². The molecule has 0 radical (unpaired) electrons. The minimum atomic E-state index is -5.15. The molecular weight excluding hydrogens is 813 g/mol. The van der Waals surface area contributed by atoms with Crippen molar-refractivity contribution < 1.29 is 59.0 Å². The van der Waals surface area contributed by atoms with Crippen LogP contribution in [0.3, 0.4) is 0 Å². The minimum Gasteiger partial charge on any atom is -0.393 e. The van der Waals surface area contributed by atoms with Crippen molar-refractivity contribution in [3.63, 3.8) is 0 Å².